The monoisotopic (exact) mass is 552 g/mol. The second kappa shape index (κ2) is 8.94. The van der Waals surface area contributed by atoms with Crippen molar-refractivity contribution >= 4 is 45.9 Å². The zero-order valence-electron chi connectivity index (χ0n) is 21.7. The van der Waals surface area contributed by atoms with Crippen LogP contribution >= 0.6 is 11.3 Å². The molecule has 2 fully saturated rings. The summed E-state index contributed by atoms with van der Waals surface area (Å²) in [6.45, 7) is 2.10. The molecule has 2 saturated heterocycles. The van der Waals surface area contributed by atoms with Crippen molar-refractivity contribution in [1.82, 2.24) is 9.88 Å². The van der Waals surface area contributed by atoms with Gasteiger partial charge in [-0.1, -0.05) is 31.2 Å². The maximum absolute atomic E-state index is 13.1. The minimum atomic E-state index is -2.45. The van der Waals surface area contributed by atoms with E-state index in [0.717, 1.165) is 16.8 Å². The van der Waals surface area contributed by atoms with Crippen LogP contribution < -0.4 is 0 Å². The summed E-state index contributed by atoms with van der Waals surface area (Å²) in [7, 11) is 4.02. The van der Waals surface area contributed by atoms with Crippen molar-refractivity contribution < 1.29 is 38.4 Å². The normalized spacial score (nSPS) is 28.9. The van der Waals surface area contributed by atoms with Gasteiger partial charge >= 0.3 is 23.9 Å². The van der Waals surface area contributed by atoms with Gasteiger partial charge in [-0.15, -0.1) is 11.3 Å². The number of esters is 3. The maximum Gasteiger partial charge on any atom is 0.466 e. The maximum atomic E-state index is 13.1. The fourth-order valence-corrected chi connectivity index (χ4v) is 6.82. The van der Waals surface area contributed by atoms with Crippen LogP contribution in [0.1, 0.15) is 54.8 Å². The summed E-state index contributed by atoms with van der Waals surface area (Å²) >= 11 is 1.65. The first-order chi connectivity index (χ1) is 18.6. The van der Waals surface area contributed by atoms with Crippen molar-refractivity contribution in [2.45, 2.75) is 55.8 Å². The second-order valence-corrected chi connectivity index (χ2v) is 11.3. The van der Waals surface area contributed by atoms with Crippen molar-refractivity contribution in [3.05, 3.63) is 64.0 Å². The van der Waals surface area contributed by atoms with Gasteiger partial charge in [0.2, 0.25) is 6.10 Å². The van der Waals surface area contributed by atoms with E-state index in [2.05, 4.69) is 22.9 Å². The summed E-state index contributed by atoms with van der Waals surface area (Å²) in [5, 5.41) is 13.6. The smallest absolute Gasteiger partial charge is 0.444 e. The Kier molecular flexibility index (Phi) is 5.87. The molecule has 3 aliphatic heterocycles. The van der Waals surface area contributed by atoms with Crippen LogP contribution in [-0.4, -0.2) is 58.6 Å². The zero-order valence-corrected chi connectivity index (χ0v) is 22.5. The summed E-state index contributed by atoms with van der Waals surface area (Å²) in [5.41, 5.74) is -1.11. The van der Waals surface area contributed by atoms with Crippen molar-refractivity contribution in [3.8, 4) is 0 Å². The molecule has 11 heteroatoms. The number of H-pyrrole nitrogens is 1. The van der Waals surface area contributed by atoms with Crippen LogP contribution in [0.15, 0.2) is 47.9 Å². The van der Waals surface area contributed by atoms with Gasteiger partial charge in [-0.05, 0) is 50.5 Å². The van der Waals surface area contributed by atoms with Crippen molar-refractivity contribution in [1.29, 1.82) is 0 Å². The van der Waals surface area contributed by atoms with Crippen molar-refractivity contribution in [2.75, 3.05) is 14.1 Å². The Labute approximate surface area is 228 Å². The van der Waals surface area contributed by atoms with E-state index >= 15 is 0 Å². The molecule has 2 bridgehead atoms. The molecule has 3 aliphatic rings. The number of hydrogen-bond acceptors (Lipinski definition) is 10. The number of carbonyl (C=O) groups is 3. The van der Waals surface area contributed by atoms with E-state index in [4.69, 9.17) is 18.9 Å². The Morgan fingerprint density at radius 1 is 1.10 bits per heavy atom. The third-order valence-corrected chi connectivity index (χ3v) is 8.93. The number of benzene rings is 1. The molecule has 0 radical (unpaired) electrons. The van der Waals surface area contributed by atoms with Crippen molar-refractivity contribution in [2.24, 2.45) is 0 Å². The van der Waals surface area contributed by atoms with Crippen LogP contribution in [0.3, 0.4) is 0 Å². The van der Waals surface area contributed by atoms with Crippen LogP contribution in [0, 0.1) is 0 Å². The first-order valence-electron chi connectivity index (χ1n) is 12.7. The largest absolute Gasteiger partial charge is 0.466 e. The molecule has 39 heavy (non-hydrogen) atoms. The van der Waals surface area contributed by atoms with Gasteiger partial charge in [0, 0.05) is 21.3 Å². The van der Waals surface area contributed by atoms with Gasteiger partial charge in [-0.3, -0.25) is 14.5 Å². The lowest BCUT2D eigenvalue weighted by atomic mass is 9.87. The number of carbonyl (C=O) groups excluding carboxylic acids is 3. The van der Waals surface area contributed by atoms with Crippen molar-refractivity contribution in [3.63, 3.8) is 0 Å². The molecule has 4 unspecified atom stereocenters. The van der Waals surface area contributed by atoms with E-state index in [0.29, 0.717) is 23.1 Å². The number of aromatic nitrogens is 1. The van der Waals surface area contributed by atoms with E-state index in [1.165, 1.54) is 0 Å². The number of hydrogen-bond donors (Lipinski definition) is 2. The van der Waals surface area contributed by atoms with Crippen LogP contribution in [0.25, 0.3) is 16.7 Å². The molecule has 204 valence electrons. The van der Waals surface area contributed by atoms with Crippen LogP contribution in [0.4, 0.5) is 0 Å². The molecule has 0 aliphatic carbocycles. The Hall–Kier alpha value is -3.67. The third-order valence-electron chi connectivity index (χ3n) is 7.87. The molecule has 0 amide bonds. The molecule has 3 aromatic rings. The number of para-hydroxylation sites is 1. The second-order valence-electron chi connectivity index (χ2n) is 10.3. The number of ether oxygens (including phenoxy) is 4. The van der Waals surface area contributed by atoms with Gasteiger partial charge in [-0.2, -0.15) is 0 Å². The van der Waals surface area contributed by atoms with Gasteiger partial charge in [0.25, 0.3) is 0 Å². The number of aliphatic hydroxyl groups is 1. The molecular formula is C28H28N2O8S. The van der Waals surface area contributed by atoms with Gasteiger partial charge in [0.15, 0.2) is 5.60 Å². The lowest BCUT2D eigenvalue weighted by Crippen LogP contribution is -2.54. The average molecular weight is 553 g/mol. The molecule has 2 aromatic heterocycles. The van der Waals surface area contributed by atoms with E-state index < -0.39 is 48.4 Å². The molecule has 10 nitrogen and oxygen atoms in total. The minimum Gasteiger partial charge on any atom is -0.444 e. The molecule has 1 aromatic carbocycles. The lowest BCUT2D eigenvalue weighted by Gasteiger charge is -2.42. The zero-order chi connectivity index (χ0) is 27.6. The standard InChI is InChI=1S/C28H28N2O8S/c1-4-26(30(2)3,19-10-7-13-39-19)12-11-18-23-22(16-8-5-6-9-17(16)29-23)24-28(36-18)37-21(32)15-27(34,25(33)38-28)14-20(31)35-24/h5-11,13,24,29,34H,4,12,14-15H2,1-3H3/b18-11+. The quantitative estimate of drug-likeness (QED) is 0.455. The Balaban J connectivity index is 1.56. The van der Waals surface area contributed by atoms with Gasteiger partial charge < -0.3 is 29.0 Å². The molecule has 2 N–H and O–H groups in total. The number of aromatic amines is 1. The average Bonchev–Trinajstić information content (AvgIpc) is 3.53. The molecule has 5 heterocycles. The summed E-state index contributed by atoms with van der Waals surface area (Å²) < 4.78 is 23.2. The highest BCUT2D eigenvalue weighted by molar-refractivity contribution is 7.10. The fourth-order valence-electron chi connectivity index (χ4n) is 5.73. The van der Waals surface area contributed by atoms with Crippen LogP contribution in [0.2, 0.25) is 0 Å². The summed E-state index contributed by atoms with van der Waals surface area (Å²) in [6.07, 6.45) is 0.195. The highest BCUT2D eigenvalue weighted by Gasteiger charge is 2.65. The van der Waals surface area contributed by atoms with E-state index in [-0.39, 0.29) is 11.3 Å². The third kappa shape index (κ3) is 3.87. The van der Waals surface area contributed by atoms with Crippen LogP contribution in [-0.2, 0) is 38.9 Å². The fraction of sp³-hybridized carbons (Fsp3) is 0.393. The minimum absolute atomic E-state index is 0.261. The summed E-state index contributed by atoms with van der Waals surface area (Å²) in [5.74, 6) is -5.22. The first-order valence-corrected chi connectivity index (χ1v) is 13.6. The van der Waals surface area contributed by atoms with E-state index in [1.807, 2.05) is 55.9 Å². The lowest BCUT2D eigenvalue weighted by molar-refractivity contribution is -0.364. The van der Waals surface area contributed by atoms with E-state index in [1.54, 1.807) is 11.3 Å². The first kappa shape index (κ1) is 25.6. The molecule has 4 atom stereocenters. The van der Waals surface area contributed by atoms with Crippen LogP contribution in [0.5, 0.6) is 0 Å². The number of fused-ring (bicyclic) bond motifs is 6. The molecule has 0 saturated carbocycles. The molecular weight excluding hydrogens is 524 g/mol. The van der Waals surface area contributed by atoms with Gasteiger partial charge in [0.05, 0.1) is 24.1 Å². The highest BCUT2D eigenvalue weighted by Crippen LogP contribution is 2.52. The topological polar surface area (TPSA) is 127 Å². The number of rotatable bonds is 5. The predicted octanol–water partition coefficient (Wildman–Crippen LogP) is 3.72. The summed E-state index contributed by atoms with van der Waals surface area (Å²) in [4.78, 5) is 45.6. The predicted molar refractivity (Wildman–Crippen MR) is 140 cm³/mol. The molecule has 1 spiro atoms. The molecule has 6 rings (SSSR count). The highest BCUT2D eigenvalue weighted by atomic mass is 32.1. The number of nitrogens with one attached hydrogen (secondary N) is 1. The number of nitrogens with zero attached hydrogens (tertiary/aromatic N) is 1. The van der Waals surface area contributed by atoms with Gasteiger partial charge in [0.1, 0.15) is 5.76 Å². The SMILES string of the molecule is CCC(C/C=C1/OC23OC(=O)CC(O)(CC(=O)OC2c2c1[nH]c1ccccc21)C(=O)O3)(c1cccs1)N(C)C. The van der Waals surface area contributed by atoms with Gasteiger partial charge in [-0.25, -0.2) is 4.79 Å². The number of thiophene rings is 1. The Morgan fingerprint density at radius 3 is 2.59 bits per heavy atom. The Morgan fingerprint density at radius 2 is 1.87 bits per heavy atom. The van der Waals surface area contributed by atoms with E-state index in [9.17, 15) is 19.5 Å². The summed E-state index contributed by atoms with van der Waals surface area (Å²) in [6, 6.07) is 11.4. The Bertz CT molecular complexity index is 1510.